The maximum Gasteiger partial charge on any atom is 0.254 e. The van der Waals surface area contributed by atoms with Gasteiger partial charge in [0.25, 0.3) is 5.91 Å². The number of H-pyrrole nitrogens is 1. The topological polar surface area (TPSA) is 57.8 Å². The van der Waals surface area contributed by atoms with Crippen molar-refractivity contribution in [2.45, 2.75) is 6.42 Å². The van der Waals surface area contributed by atoms with E-state index >= 15 is 0 Å². The van der Waals surface area contributed by atoms with E-state index in [1.807, 2.05) is 0 Å². The number of aromatic amines is 1. The number of benzene rings is 1. The minimum absolute atomic E-state index is 0.273. The summed E-state index contributed by atoms with van der Waals surface area (Å²) < 4.78 is 0. The number of nitrogens with one attached hydrogen (secondary N) is 2. The molecule has 6 heteroatoms. The Kier molecular flexibility index (Phi) is 4.23. The average Bonchev–Trinajstić information content (AvgIpc) is 2.82. The van der Waals surface area contributed by atoms with E-state index in [0.717, 1.165) is 5.69 Å². The first-order valence-corrected chi connectivity index (χ1v) is 6.13. The molecule has 94 valence electrons. The van der Waals surface area contributed by atoms with Crippen molar-refractivity contribution in [1.29, 1.82) is 0 Å². The van der Waals surface area contributed by atoms with Crippen molar-refractivity contribution < 1.29 is 4.79 Å². The van der Waals surface area contributed by atoms with Gasteiger partial charge >= 0.3 is 0 Å². The van der Waals surface area contributed by atoms with Crippen LogP contribution in [-0.2, 0) is 6.42 Å². The Hall–Kier alpha value is -1.52. The van der Waals surface area contributed by atoms with E-state index < -0.39 is 0 Å². The number of rotatable bonds is 4. The van der Waals surface area contributed by atoms with Crippen LogP contribution >= 0.6 is 23.2 Å². The van der Waals surface area contributed by atoms with Crippen LogP contribution in [0.4, 0.5) is 0 Å². The first kappa shape index (κ1) is 12.9. The normalized spacial score (nSPS) is 10.3. The molecule has 1 aromatic carbocycles. The average molecular weight is 284 g/mol. The fraction of sp³-hybridized carbons (Fsp3) is 0.167. The van der Waals surface area contributed by atoms with Gasteiger partial charge in [0, 0.05) is 24.9 Å². The Morgan fingerprint density at radius 1 is 1.33 bits per heavy atom. The largest absolute Gasteiger partial charge is 0.352 e. The minimum Gasteiger partial charge on any atom is -0.352 e. The number of amides is 1. The Labute approximate surface area is 114 Å². The van der Waals surface area contributed by atoms with Crippen LogP contribution in [-0.4, -0.2) is 22.4 Å². The first-order chi connectivity index (χ1) is 8.68. The lowest BCUT2D eigenvalue weighted by atomic mass is 10.2. The molecule has 2 rings (SSSR count). The number of halogens is 2. The van der Waals surface area contributed by atoms with E-state index in [-0.39, 0.29) is 5.91 Å². The first-order valence-electron chi connectivity index (χ1n) is 5.38. The molecule has 0 bridgehead atoms. The number of hydrogen-bond donors (Lipinski definition) is 2. The van der Waals surface area contributed by atoms with Gasteiger partial charge in [-0.3, -0.25) is 4.79 Å². The molecular formula is C12H11Cl2N3O. The van der Waals surface area contributed by atoms with Crippen molar-refractivity contribution in [3.05, 3.63) is 52.0 Å². The second kappa shape index (κ2) is 5.89. The zero-order chi connectivity index (χ0) is 13.0. The van der Waals surface area contributed by atoms with Crippen LogP contribution in [0, 0.1) is 0 Å². The van der Waals surface area contributed by atoms with Gasteiger partial charge in [0.1, 0.15) is 0 Å². The number of imidazole rings is 1. The lowest BCUT2D eigenvalue weighted by Crippen LogP contribution is -2.26. The van der Waals surface area contributed by atoms with Crippen LogP contribution in [0.3, 0.4) is 0 Å². The van der Waals surface area contributed by atoms with Crippen LogP contribution in [0.1, 0.15) is 16.1 Å². The molecule has 0 saturated carbocycles. The Morgan fingerprint density at radius 3 is 2.67 bits per heavy atom. The SMILES string of the molecule is O=C(NCCc1cnc[nH]1)c1c(Cl)cccc1Cl. The summed E-state index contributed by atoms with van der Waals surface area (Å²) in [5.74, 6) is -0.273. The number of aromatic nitrogens is 2. The third-order valence-electron chi connectivity index (χ3n) is 2.42. The van der Waals surface area contributed by atoms with E-state index in [1.165, 1.54) is 0 Å². The summed E-state index contributed by atoms with van der Waals surface area (Å²) in [7, 11) is 0. The maximum absolute atomic E-state index is 11.9. The van der Waals surface area contributed by atoms with Crippen LogP contribution in [0.5, 0.6) is 0 Å². The van der Waals surface area contributed by atoms with Gasteiger partial charge in [-0.2, -0.15) is 0 Å². The quantitative estimate of drug-likeness (QED) is 0.906. The van der Waals surface area contributed by atoms with Crippen molar-refractivity contribution in [3.8, 4) is 0 Å². The van der Waals surface area contributed by atoms with E-state index in [4.69, 9.17) is 23.2 Å². The number of carbonyl (C=O) groups excluding carboxylic acids is 1. The van der Waals surface area contributed by atoms with Crippen LogP contribution < -0.4 is 5.32 Å². The summed E-state index contributed by atoms with van der Waals surface area (Å²) in [6, 6.07) is 4.97. The maximum atomic E-state index is 11.9. The van der Waals surface area contributed by atoms with Gasteiger partial charge in [-0.15, -0.1) is 0 Å². The molecule has 0 aliphatic rings. The zero-order valence-electron chi connectivity index (χ0n) is 9.41. The van der Waals surface area contributed by atoms with Crippen molar-refractivity contribution in [2.75, 3.05) is 6.54 Å². The van der Waals surface area contributed by atoms with E-state index in [9.17, 15) is 4.79 Å². The number of nitrogens with zero attached hydrogens (tertiary/aromatic N) is 1. The molecule has 0 saturated heterocycles. The molecule has 0 spiro atoms. The van der Waals surface area contributed by atoms with Crippen LogP contribution in [0.2, 0.25) is 10.0 Å². The molecule has 4 nitrogen and oxygen atoms in total. The van der Waals surface area contributed by atoms with Crippen molar-refractivity contribution in [2.24, 2.45) is 0 Å². The second-order valence-electron chi connectivity index (χ2n) is 3.68. The van der Waals surface area contributed by atoms with Gasteiger partial charge in [-0.25, -0.2) is 4.98 Å². The predicted octanol–water partition coefficient (Wildman–Crippen LogP) is 2.69. The molecule has 1 aromatic heterocycles. The van der Waals surface area contributed by atoms with Crippen molar-refractivity contribution >= 4 is 29.1 Å². The fourth-order valence-corrected chi connectivity index (χ4v) is 2.10. The summed E-state index contributed by atoms with van der Waals surface area (Å²) in [5, 5.41) is 3.46. The third-order valence-corrected chi connectivity index (χ3v) is 3.05. The second-order valence-corrected chi connectivity index (χ2v) is 4.49. The van der Waals surface area contributed by atoms with Crippen molar-refractivity contribution in [1.82, 2.24) is 15.3 Å². The Morgan fingerprint density at radius 2 is 2.06 bits per heavy atom. The predicted molar refractivity (Wildman–Crippen MR) is 71.1 cm³/mol. The summed E-state index contributed by atoms with van der Waals surface area (Å²) in [5.41, 5.74) is 1.27. The summed E-state index contributed by atoms with van der Waals surface area (Å²) >= 11 is 11.9. The summed E-state index contributed by atoms with van der Waals surface area (Å²) in [6.07, 6.45) is 3.99. The monoisotopic (exact) mass is 283 g/mol. The molecule has 0 atom stereocenters. The van der Waals surface area contributed by atoms with E-state index in [1.54, 1.807) is 30.7 Å². The third kappa shape index (κ3) is 3.03. The number of hydrogen-bond acceptors (Lipinski definition) is 2. The highest BCUT2D eigenvalue weighted by molar-refractivity contribution is 6.39. The number of carbonyl (C=O) groups is 1. The molecule has 2 N–H and O–H groups in total. The molecule has 1 amide bonds. The van der Waals surface area contributed by atoms with Gasteiger partial charge in [0.2, 0.25) is 0 Å². The van der Waals surface area contributed by atoms with Gasteiger partial charge in [-0.05, 0) is 12.1 Å². The molecule has 1 heterocycles. The van der Waals surface area contributed by atoms with Crippen molar-refractivity contribution in [3.63, 3.8) is 0 Å². The lowest BCUT2D eigenvalue weighted by molar-refractivity contribution is 0.0954. The van der Waals surface area contributed by atoms with Crippen LogP contribution in [0.25, 0.3) is 0 Å². The standard InChI is InChI=1S/C12H11Cl2N3O/c13-9-2-1-3-10(14)11(9)12(18)16-5-4-8-6-15-7-17-8/h1-3,6-7H,4-5H2,(H,15,17)(H,16,18). The van der Waals surface area contributed by atoms with Gasteiger partial charge in [0.15, 0.2) is 0 Å². The van der Waals surface area contributed by atoms with Gasteiger partial charge < -0.3 is 10.3 Å². The van der Waals surface area contributed by atoms with E-state index in [2.05, 4.69) is 15.3 Å². The highest BCUT2D eigenvalue weighted by Crippen LogP contribution is 2.23. The molecule has 0 unspecified atom stereocenters. The zero-order valence-corrected chi connectivity index (χ0v) is 10.9. The Balaban J connectivity index is 1.96. The molecule has 2 aromatic rings. The van der Waals surface area contributed by atoms with Gasteiger partial charge in [0.05, 0.1) is 21.9 Å². The molecular weight excluding hydrogens is 273 g/mol. The Bertz CT molecular complexity index is 520. The molecule has 0 radical (unpaired) electrons. The smallest absolute Gasteiger partial charge is 0.254 e. The summed E-state index contributed by atoms with van der Waals surface area (Å²) in [6.45, 7) is 0.489. The highest BCUT2D eigenvalue weighted by Gasteiger charge is 2.13. The lowest BCUT2D eigenvalue weighted by Gasteiger charge is -2.07. The van der Waals surface area contributed by atoms with E-state index in [0.29, 0.717) is 28.6 Å². The molecule has 0 aliphatic carbocycles. The van der Waals surface area contributed by atoms with Crippen LogP contribution in [0.15, 0.2) is 30.7 Å². The highest BCUT2D eigenvalue weighted by atomic mass is 35.5. The molecule has 18 heavy (non-hydrogen) atoms. The molecule has 0 fully saturated rings. The van der Waals surface area contributed by atoms with Gasteiger partial charge in [-0.1, -0.05) is 29.3 Å². The summed E-state index contributed by atoms with van der Waals surface area (Å²) in [4.78, 5) is 18.8. The minimum atomic E-state index is -0.273. The fourth-order valence-electron chi connectivity index (χ4n) is 1.54. The molecule has 0 aliphatic heterocycles.